The van der Waals surface area contributed by atoms with Crippen LogP contribution in [0.15, 0.2) is 67.3 Å². The maximum atomic E-state index is 9.82. The molecule has 9 nitrogen and oxygen atoms in total. The van der Waals surface area contributed by atoms with Gasteiger partial charge < -0.3 is 24.1 Å². The first-order valence-corrected chi connectivity index (χ1v) is 11.6. The minimum Gasteiger partial charge on any atom is -0.489 e. The maximum Gasteiger partial charge on any atom is 0.166 e. The van der Waals surface area contributed by atoms with Gasteiger partial charge >= 0.3 is 0 Å². The summed E-state index contributed by atoms with van der Waals surface area (Å²) in [5.41, 5.74) is 3.91. The van der Waals surface area contributed by atoms with Crippen molar-refractivity contribution in [3.8, 4) is 17.0 Å². The normalized spacial score (nSPS) is 25.1. The summed E-state index contributed by atoms with van der Waals surface area (Å²) in [6, 6.07) is 17.8. The molecule has 2 fully saturated rings. The number of hydrogen-bond donors (Lipinski definition) is 1. The molecule has 1 N–H and O–H groups in total. The predicted molar refractivity (Wildman–Crippen MR) is 126 cm³/mol. The van der Waals surface area contributed by atoms with Crippen molar-refractivity contribution in [2.45, 2.75) is 50.8 Å². The summed E-state index contributed by atoms with van der Waals surface area (Å²) in [4.78, 5) is 13.6. The maximum absolute atomic E-state index is 9.82. The highest BCUT2D eigenvalue weighted by Gasteiger charge is 2.56. The Morgan fingerprint density at radius 2 is 1.83 bits per heavy atom. The highest BCUT2D eigenvalue weighted by Crippen LogP contribution is 2.43. The van der Waals surface area contributed by atoms with E-state index in [9.17, 15) is 5.11 Å². The minimum absolute atomic E-state index is 0.167. The van der Waals surface area contributed by atoms with Crippen LogP contribution in [0.3, 0.4) is 0 Å². The number of nitrogens with zero attached hydrogens (tertiary/aromatic N) is 4. The molecule has 0 saturated carbocycles. The molecule has 35 heavy (non-hydrogen) atoms. The number of rotatable bonds is 6. The lowest BCUT2D eigenvalue weighted by molar-refractivity contribution is -0.199. The Balaban J connectivity index is 1.31. The Hall–Kier alpha value is -3.37. The summed E-state index contributed by atoms with van der Waals surface area (Å²) in [5, 5.41) is 9.82. The summed E-state index contributed by atoms with van der Waals surface area (Å²) >= 11 is 0. The van der Waals surface area contributed by atoms with Crippen LogP contribution in [0.1, 0.15) is 25.6 Å². The van der Waals surface area contributed by atoms with Crippen LogP contribution in [0.4, 0.5) is 0 Å². The summed E-state index contributed by atoms with van der Waals surface area (Å²) < 4.78 is 26.0. The monoisotopic (exact) mass is 474 g/mol. The van der Waals surface area contributed by atoms with Gasteiger partial charge in [-0.05, 0) is 31.5 Å². The number of fused-ring (bicyclic) bond motifs is 2. The molecule has 2 aromatic carbocycles. The van der Waals surface area contributed by atoms with E-state index in [-0.39, 0.29) is 12.7 Å². The molecule has 4 aromatic rings. The number of hydrogen-bond acceptors (Lipinski definition) is 8. The van der Waals surface area contributed by atoms with E-state index >= 15 is 0 Å². The van der Waals surface area contributed by atoms with Crippen LogP contribution < -0.4 is 4.74 Å². The Kier molecular flexibility index (Phi) is 5.49. The second-order valence-electron chi connectivity index (χ2n) is 9.16. The topological polar surface area (TPSA) is 101 Å². The SMILES string of the molecule is CC1(C)O[C@@H]2[C@H](O1)[C@@H](CO)O[C@H]2n1cnc2c(-c3cccc(OCc4ccccc4)c3)ncnc21. The molecule has 0 radical (unpaired) electrons. The predicted octanol–water partition coefficient (Wildman–Crippen LogP) is 3.48. The summed E-state index contributed by atoms with van der Waals surface area (Å²) in [5.74, 6) is -0.0225. The average Bonchev–Trinajstić information content (AvgIpc) is 3.53. The van der Waals surface area contributed by atoms with Gasteiger partial charge in [0, 0.05) is 5.56 Å². The molecule has 2 aromatic heterocycles. The van der Waals surface area contributed by atoms with Crippen LogP contribution in [-0.4, -0.2) is 55.3 Å². The first kappa shape index (κ1) is 22.1. The van der Waals surface area contributed by atoms with Gasteiger partial charge in [0.2, 0.25) is 0 Å². The fraction of sp³-hybridized carbons (Fsp3) is 0.346. The molecule has 0 spiro atoms. The molecule has 2 saturated heterocycles. The molecule has 180 valence electrons. The van der Waals surface area contributed by atoms with Crippen LogP contribution in [-0.2, 0) is 20.8 Å². The lowest BCUT2D eigenvalue weighted by Crippen LogP contribution is -2.31. The first-order valence-electron chi connectivity index (χ1n) is 11.6. The van der Waals surface area contributed by atoms with Gasteiger partial charge in [0.1, 0.15) is 48.2 Å². The number of aliphatic hydroxyl groups excluding tert-OH is 1. The van der Waals surface area contributed by atoms with Crippen molar-refractivity contribution in [1.29, 1.82) is 0 Å². The van der Waals surface area contributed by atoms with Crippen molar-refractivity contribution in [3.63, 3.8) is 0 Å². The van der Waals surface area contributed by atoms with Crippen molar-refractivity contribution >= 4 is 11.2 Å². The van der Waals surface area contributed by atoms with Crippen molar-refractivity contribution < 1.29 is 24.1 Å². The number of aromatic nitrogens is 4. The van der Waals surface area contributed by atoms with Gasteiger partial charge in [-0.1, -0.05) is 42.5 Å². The van der Waals surface area contributed by atoms with E-state index < -0.39 is 24.2 Å². The average molecular weight is 475 g/mol. The fourth-order valence-corrected chi connectivity index (χ4v) is 4.75. The zero-order valence-corrected chi connectivity index (χ0v) is 19.4. The lowest BCUT2D eigenvalue weighted by Gasteiger charge is -2.24. The van der Waals surface area contributed by atoms with E-state index in [4.69, 9.17) is 18.9 Å². The van der Waals surface area contributed by atoms with E-state index in [0.717, 1.165) is 16.9 Å². The van der Waals surface area contributed by atoms with Crippen molar-refractivity contribution in [1.82, 2.24) is 19.5 Å². The Labute approximate surface area is 202 Å². The molecule has 9 heteroatoms. The fourth-order valence-electron chi connectivity index (χ4n) is 4.75. The Morgan fingerprint density at radius 1 is 1.00 bits per heavy atom. The number of benzene rings is 2. The third kappa shape index (κ3) is 4.06. The van der Waals surface area contributed by atoms with Crippen molar-refractivity contribution in [2.24, 2.45) is 0 Å². The second-order valence-corrected chi connectivity index (χ2v) is 9.16. The van der Waals surface area contributed by atoms with Gasteiger partial charge in [-0.15, -0.1) is 0 Å². The molecule has 0 bridgehead atoms. The van der Waals surface area contributed by atoms with Gasteiger partial charge in [0.25, 0.3) is 0 Å². The third-order valence-corrected chi connectivity index (χ3v) is 6.29. The second kappa shape index (κ2) is 8.69. The highest BCUT2D eigenvalue weighted by molar-refractivity contribution is 5.87. The molecule has 2 aliphatic rings. The van der Waals surface area contributed by atoms with E-state index in [1.807, 2.05) is 73.0 Å². The van der Waals surface area contributed by atoms with E-state index in [1.165, 1.54) is 6.33 Å². The van der Waals surface area contributed by atoms with Crippen molar-refractivity contribution in [3.05, 3.63) is 72.8 Å². The summed E-state index contributed by atoms with van der Waals surface area (Å²) in [7, 11) is 0. The van der Waals surface area contributed by atoms with Crippen LogP contribution in [0.5, 0.6) is 5.75 Å². The molecule has 6 rings (SSSR count). The molecule has 4 heterocycles. The number of ether oxygens (including phenoxy) is 4. The standard InChI is InChI=1S/C26H26N4O5/c1-26(2)34-22-19(12-31)33-25(23(22)35-26)30-15-29-21-20(27-14-28-24(21)30)17-9-6-10-18(11-17)32-13-16-7-4-3-5-8-16/h3-11,14-15,19,22-23,25,31H,12-13H2,1-2H3/t19-,22-,23-,25-/m1/s1. The van der Waals surface area contributed by atoms with Gasteiger partial charge in [0.15, 0.2) is 17.7 Å². The van der Waals surface area contributed by atoms with Crippen LogP contribution in [0.2, 0.25) is 0 Å². The van der Waals surface area contributed by atoms with Gasteiger partial charge in [-0.3, -0.25) is 4.57 Å². The molecule has 0 amide bonds. The van der Waals surface area contributed by atoms with E-state index in [2.05, 4.69) is 15.0 Å². The van der Waals surface area contributed by atoms with Crippen LogP contribution in [0, 0.1) is 0 Å². The highest BCUT2D eigenvalue weighted by atomic mass is 16.8. The Morgan fingerprint density at radius 3 is 2.66 bits per heavy atom. The summed E-state index contributed by atoms with van der Waals surface area (Å²) in [6.07, 6.45) is 1.38. The van der Waals surface area contributed by atoms with Crippen LogP contribution >= 0.6 is 0 Å². The van der Waals surface area contributed by atoms with E-state index in [1.54, 1.807) is 6.33 Å². The zero-order valence-electron chi connectivity index (χ0n) is 19.4. The van der Waals surface area contributed by atoms with E-state index in [0.29, 0.717) is 23.5 Å². The smallest absolute Gasteiger partial charge is 0.166 e. The number of imidazole rings is 1. The summed E-state index contributed by atoms with van der Waals surface area (Å²) in [6.45, 7) is 4.02. The molecular formula is C26H26N4O5. The zero-order chi connectivity index (χ0) is 24.0. The van der Waals surface area contributed by atoms with Gasteiger partial charge in [0.05, 0.1) is 12.9 Å². The Bertz CT molecular complexity index is 1340. The molecule has 0 unspecified atom stereocenters. The lowest BCUT2D eigenvalue weighted by atomic mass is 10.1. The van der Waals surface area contributed by atoms with Crippen molar-refractivity contribution in [2.75, 3.05) is 6.61 Å². The van der Waals surface area contributed by atoms with Crippen LogP contribution in [0.25, 0.3) is 22.4 Å². The van der Waals surface area contributed by atoms with Gasteiger partial charge in [-0.25, -0.2) is 15.0 Å². The number of aliphatic hydroxyl groups is 1. The molecular weight excluding hydrogens is 448 g/mol. The quantitative estimate of drug-likeness (QED) is 0.453. The third-order valence-electron chi connectivity index (χ3n) is 6.29. The largest absolute Gasteiger partial charge is 0.489 e. The molecule has 2 aliphatic heterocycles. The molecule has 4 atom stereocenters. The van der Waals surface area contributed by atoms with Gasteiger partial charge in [-0.2, -0.15) is 0 Å². The molecule has 0 aliphatic carbocycles. The minimum atomic E-state index is -0.762. The first-order chi connectivity index (χ1) is 17.0.